The Morgan fingerprint density at radius 2 is 1.70 bits per heavy atom. The minimum absolute atomic E-state index is 0.258. The fraction of sp³-hybridized carbons (Fsp3) is 0.643. The van der Waals surface area contributed by atoms with E-state index in [1.54, 1.807) is 0 Å². The minimum Gasteiger partial charge on any atom is -0.398 e. The summed E-state index contributed by atoms with van der Waals surface area (Å²) >= 11 is 6.15. The molecule has 20 heavy (non-hydrogen) atoms. The number of rotatable bonds is 3. The van der Waals surface area contributed by atoms with E-state index in [2.05, 4.69) is 10.3 Å². The number of aromatic nitrogens is 1. The molecule has 0 atom stereocenters. The zero-order chi connectivity index (χ0) is 15.1. The van der Waals surface area contributed by atoms with Crippen LogP contribution in [-0.2, 0) is 9.31 Å². The van der Waals surface area contributed by atoms with Gasteiger partial charge in [-0.05, 0) is 53.7 Å². The van der Waals surface area contributed by atoms with Crippen LogP contribution in [0.15, 0.2) is 12.1 Å². The van der Waals surface area contributed by atoms with Crippen molar-refractivity contribution in [3.63, 3.8) is 0 Å². The summed E-state index contributed by atoms with van der Waals surface area (Å²) < 4.78 is 12.0. The van der Waals surface area contributed by atoms with Crippen molar-refractivity contribution < 1.29 is 9.31 Å². The van der Waals surface area contributed by atoms with Gasteiger partial charge in [0.05, 0.1) is 21.8 Å². The molecule has 0 aromatic carbocycles. The van der Waals surface area contributed by atoms with Crippen LogP contribution in [0.1, 0.15) is 41.5 Å². The van der Waals surface area contributed by atoms with Gasteiger partial charge in [0.2, 0.25) is 0 Å². The lowest BCUT2D eigenvalue weighted by molar-refractivity contribution is 0.00578. The van der Waals surface area contributed by atoms with Crippen LogP contribution >= 0.6 is 11.6 Å². The lowest BCUT2D eigenvalue weighted by atomic mass is 9.84. The summed E-state index contributed by atoms with van der Waals surface area (Å²) in [6, 6.07) is 3.92. The van der Waals surface area contributed by atoms with Crippen LogP contribution in [0.4, 0.5) is 5.82 Å². The van der Waals surface area contributed by atoms with Gasteiger partial charge in [-0.1, -0.05) is 11.6 Å². The van der Waals surface area contributed by atoms with Gasteiger partial charge in [-0.15, -0.1) is 0 Å². The van der Waals surface area contributed by atoms with E-state index in [4.69, 9.17) is 20.9 Å². The first-order valence-corrected chi connectivity index (χ1v) is 7.29. The lowest BCUT2D eigenvalue weighted by Crippen LogP contribution is -2.41. The molecule has 6 heteroatoms. The van der Waals surface area contributed by atoms with Crippen LogP contribution in [0, 0.1) is 0 Å². The van der Waals surface area contributed by atoms with E-state index < -0.39 is 7.12 Å². The Morgan fingerprint density at radius 3 is 2.20 bits per heavy atom. The van der Waals surface area contributed by atoms with Crippen molar-refractivity contribution in [3.05, 3.63) is 17.2 Å². The summed E-state index contributed by atoms with van der Waals surface area (Å²) in [6.45, 7) is 12.2. The van der Waals surface area contributed by atoms with Crippen molar-refractivity contribution in [2.24, 2.45) is 0 Å². The smallest absolute Gasteiger partial charge is 0.398 e. The molecule has 0 bridgehead atoms. The minimum atomic E-state index is -0.468. The van der Waals surface area contributed by atoms with E-state index in [1.165, 1.54) is 0 Å². The molecule has 1 N–H and O–H groups in total. The average molecular weight is 297 g/mol. The highest BCUT2D eigenvalue weighted by Gasteiger charge is 2.52. The Bertz CT molecular complexity index is 490. The molecule has 1 fully saturated rings. The van der Waals surface area contributed by atoms with Gasteiger partial charge >= 0.3 is 7.12 Å². The third-order valence-electron chi connectivity index (χ3n) is 3.79. The molecular weight excluding hydrogens is 274 g/mol. The van der Waals surface area contributed by atoms with Crippen molar-refractivity contribution in [1.29, 1.82) is 0 Å². The predicted octanol–water partition coefficient (Wildman–Crippen LogP) is 2.85. The maximum Gasteiger partial charge on any atom is 0.514 e. The van der Waals surface area contributed by atoms with Gasteiger partial charge in [0.1, 0.15) is 5.82 Å². The maximum atomic E-state index is 6.15. The monoisotopic (exact) mass is 296 g/mol. The summed E-state index contributed by atoms with van der Waals surface area (Å²) in [6.07, 6.45) is 0. The predicted molar refractivity (Wildman–Crippen MR) is 83.7 cm³/mol. The second-order valence-corrected chi connectivity index (χ2v) is 6.86. The Labute approximate surface area is 126 Å². The number of pyridine rings is 1. The van der Waals surface area contributed by atoms with E-state index in [9.17, 15) is 0 Å². The van der Waals surface area contributed by atoms with E-state index in [0.29, 0.717) is 10.8 Å². The van der Waals surface area contributed by atoms with Gasteiger partial charge in [-0.3, -0.25) is 0 Å². The van der Waals surface area contributed by atoms with Gasteiger partial charge in [-0.2, -0.15) is 0 Å². The van der Waals surface area contributed by atoms with Crippen LogP contribution in [0.2, 0.25) is 5.02 Å². The molecule has 0 aliphatic carbocycles. The molecule has 1 aliphatic rings. The van der Waals surface area contributed by atoms with Gasteiger partial charge < -0.3 is 14.6 Å². The number of hydrogen-bond donors (Lipinski definition) is 1. The van der Waals surface area contributed by atoms with Crippen LogP contribution in [-0.4, -0.2) is 29.3 Å². The van der Waals surface area contributed by atoms with Gasteiger partial charge in [-0.25, -0.2) is 4.98 Å². The standard InChI is InChI=1S/C14H22BClN2O2/c1-9(2)17-12-10(16)7-8-11(18-12)15-19-13(3,4)14(5,6)20-15/h7-9H,1-6H3,(H,17,18). The second kappa shape index (κ2) is 5.21. The number of halogens is 1. The normalized spacial score (nSPS) is 20.5. The summed E-state index contributed by atoms with van der Waals surface area (Å²) in [4.78, 5) is 4.53. The molecule has 1 aromatic rings. The van der Waals surface area contributed by atoms with E-state index >= 15 is 0 Å². The second-order valence-electron chi connectivity index (χ2n) is 6.45. The zero-order valence-electron chi connectivity index (χ0n) is 13.0. The Kier molecular flexibility index (Phi) is 4.06. The lowest BCUT2D eigenvalue weighted by Gasteiger charge is -2.32. The van der Waals surface area contributed by atoms with Crippen molar-refractivity contribution in [1.82, 2.24) is 4.98 Å². The highest BCUT2D eigenvalue weighted by Crippen LogP contribution is 2.36. The highest BCUT2D eigenvalue weighted by atomic mass is 35.5. The highest BCUT2D eigenvalue weighted by molar-refractivity contribution is 6.61. The summed E-state index contributed by atoms with van der Waals surface area (Å²) in [5.41, 5.74) is -0.00824. The van der Waals surface area contributed by atoms with Crippen LogP contribution in [0.5, 0.6) is 0 Å². The summed E-state index contributed by atoms with van der Waals surface area (Å²) in [5.74, 6) is 0.661. The SMILES string of the molecule is CC(C)Nc1nc(B2OC(C)(C)C(C)(C)O2)ccc1Cl. The molecule has 4 nitrogen and oxygen atoms in total. The molecule has 0 amide bonds. The molecule has 0 saturated carbocycles. The van der Waals surface area contributed by atoms with Gasteiger partial charge in [0.15, 0.2) is 0 Å². The van der Waals surface area contributed by atoms with Crippen molar-refractivity contribution in [2.75, 3.05) is 5.32 Å². The first-order chi connectivity index (χ1) is 9.12. The quantitative estimate of drug-likeness (QED) is 0.871. The summed E-state index contributed by atoms with van der Waals surface area (Å²) in [5, 5.41) is 3.82. The van der Waals surface area contributed by atoms with E-state index in [1.807, 2.05) is 53.7 Å². The van der Waals surface area contributed by atoms with Crippen molar-refractivity contribution in [3.8, 4) is 0 Å². The van der Waals surface area contributed by atoms with Crippen molar-refractivity contribution in [2.45, 2.75) is 58.8 Å². The third-order valence-corrected chi connectivity index (χ3v) is 4.09. The largest absolute Gasteiger partial charge is 0.514 e. The molecule has 2 heterocycles. The van der Waals surface area contributed by atoms with Crippen molar-refractivity contribution >= 4 is 30.1 Å². The van der Waals surface area contributed by atoms with Gasteiger partial charge in [0.25, 0.3) is 0 Å². The Morgan fingerprint density at radius 1 is 1.15 bits per heavy atom. The topological polar surface area (TPSA) is 43.4 Å². The first kappa shape index (κ1) is 15.6. The Balaban J connectivity index is 2.27. The molecule has 0 unspecified atom stereocenters. The number of nitrogens with one attached hydrogen (secondary N) is 1. The van der Waals surface area contributed by atoms with Crippen LogP contribution < -0.4 is 10.9 Å². The molecule has 110 valence electrons. The molecule has 1 aliphatic heterocycles. The number of anilines is 1. The van der Waals surface area contributed by atoms with Crippen LogP contribution in [0.25, 0.3) is 0 Å². The molecule has 1 aromatic heterocycles. The maximum absolute atomic E-state index is 6.15. The van der Waals surface area contributed by atoms with Gasteiger partial charge in [0, 0.05) is 6.04 Å². The fourth-order valence-corrected chi connectivity index (χ4v) is 2.09. The molecular formula is C14H22BClN2O2. The summed E-state index contributed by atoms with van der Waals surface area (Å²) in [7, 11) is -0.468. The molecule has 0 spiro atoms. The Hall–Kier alpha value is -0.775. The molecule has 1 saturated heterocycles. The first-order valence-electron chi connectivity index (χ1n) is 6.91. The average Bonchev–Trinajstić information content (AvgIpc) is 2.50. The fourth-order valence-electron chi connectivity index (χ4n) is 1.93. The molecule has 0 radical (unpaired) electrons. The number of hydrogen-bond acceptors (Lipinski definition) is 4. The zero-order valence-corrected chi connectivity index (χ0v) is 13.7. The van der Waals surface area contributed by atoms with Crippen LogP contribution in [0.3, 0.4) is 0 Å². The van der Waals surface area contributed by atoms with E-state index in [0.717, 1.165) is 5.59 Å². The molecule has 2 rings (SSSR count). The van der Waals surface area contributed by atoms with E-state index in [-0.39, 0.29) is 17.2 Å². The third kappa shape index (κ3) is 2.95. The number of nitrogens with zero attached hydrogens (tertiary/aromatic N) is 1.